The van der Waals surface area contributed by atoms with Crippen LogP contribution in [0.5, 0.6) is 0 Å². The monoisotopic (exact) mass is 300 g/mol. The zero-order valence-corrected chi connectivity index (χ0v) is 13.0. The minimum absolute atomic E-state index is 0.0873. The molecule has 0 heterocycles. The van der Waals surface area contributed by atoms with Crippen molar-refractivity contribution in [1.82, 2.24) is 0 Å². The number of unbranched alkanes of at least 4 members (excludes halogenated alkanes) is 3. The van der Waals surface area contributed by atoms with Crippen molar-refractivity contribution in [2.45, 2.75) is 32.1 Å². The Morgan fingerprint density at radius 1 is 0.762 bits per heavy atom. The van der Waals surface area contributed by atoms with Gasteiger partial charge in [0.15, 0.2) is 5.78 Å². The molecule has 2 rings (SSSR count). The summed E-state index contributed by atoms with van der Waals surface area (Å²) in [4.78, 5) is 12.3. The third kappa shape index (κ3) is 5.02. The van der Waals surface area contributed by atoms with Crippen LogP contribution in [0, 0.1) is 0 Å². The first-order valence-corrected chi connectivity index (χ1v) is 8.09. The zero-order valence-electron chi connectivity index (χ0n) is 12.2. The predicted octanol–water partition coefficient (Wildman–Crippen LogP) is 5.26. The lowest BCUT2D eigenvalue weighted by Gasteiger charge is -2.04. The van der Waals surface area contributed by atoms with Crippen LogP contribution in [0.2, 0.25) is 0 Å². The van der Waals surface area contributed by atoms with Crippen molar-refractivity contribution in [2.24, 2.45) is 0 Å². The Morgan fingerprint density at radius 2 is 1.38 bits per heavy atom. The molecule has 0 spiro atoms. The number of hydrogen-bond donors (Lipinski definition) is 0. The molecule has 0 saturated heterocycles. The van der Waals surface area contributed by atoms with E-state index in [9.17, 15) is 4.79 Å². The van der Waals surface area contributed by atoms with E-state index in [4.69, 9.17) is 11.6 Å². The number of aryl methyl sites for hydroxylation is 1. The van der Waals surface area contributed by atoms with Gasteiger partial charge < -0.3 is 0 Å². The quantitative estimate of drug-likeness (QED) is 0.369. The van der Waals surface area contributed by atoms with Crippen molar-refractivity contribution in [3.05, 3.63) is 71.3 Å². The lowest BCUT2D eigenvalue weighted by atomic mass is 10.00. The molecule has 0 amide bonds. The van der Waals surface area contributed by atoms with E-state index in [1.807, 2.05) is 42.5 Å². The summed E-state index contributed by atoms with van der Waals surface area (Å²) < 4.78 is 0. The predicted molar refractivity (Wildman–Crippen MR) is 89.2 cm³/mol. The summed E-state index contributed by atoms with van der Waals surface area (Å²) in [6, 6.07) is 17.4. The summed E-state index contributed by atoms with van der Waals surface area (Å²) in [5.74, 6) is 0.847. The molecule has 0 aliphatic rings. The normalized spacial score (nSPS) is 10.5. The minimum atomic E-state index is 0.0873. The summed E-state index contributed by atoms with van der Waals surface area (Å²) in [6.07, 6.45) is 5.78. The van der Waals surface area contributed by atoms with Gasteiger partial charge in [0.25, 0.3) is 0 Å². The summed E-state index contributed by atoms with van der Waals surface area (Å²) >= 11 is 5.66. The first kappa shape index (κ1) is 15.8. The van der Waals surface area contributed by atoms with E-state index in [1.54, 1.807) is 0 Å². The van der Waals surface area contributed by atoms with E-state index in [0.717, 1.165) is 29.8 Å². The Hall–Kier alpha value is -1.60. The highest BCUT2D eigenvalue weighted by atomic mass is 35.5. The van der Waals surface area contributed by atoms with E-state index < -0.39 is 0 Å². The Kier molecular flexibility index (Phi) is 6.49. The molecule has 2 aromatic rings. The average Bonchev–Trinajstić information content (AvgIpc) is 2.55. The Morgan fingerprint density at radius 3 is 2.05 bits per heavy atom. The fourth-order valence-electron chi connectivity index (χ4n) is 2.36. The van der Waals surface area contributed by atoms with Gasteiger partial charge >= 0.3 is 0 Å². The number of carbonyl (C=O) groups is 1. The van der Waals surface area contributed by atoms with Crippen LogP contribution in [-0.4, -0.2) is 11.7 Å². The van der Waals surface area contributed by atoms with Gasteiger partial charge in [0.05, 0.1) is 0 Å². The molecule has 0 radical (unpaired) electrons. The maximum absolute atomic E-state index is 12.3. The topological polar surface area (TPSA) is 17.1 Å². The number of carbonyl (C=O) groups excluding carboxylic acids is 1. The van der Waals surface area contributed by atoms with Crippen molar-refractivity contribution < 1.29 is 4.79 Å². The SMILES string of the molecule is O=C(c1ccccc1)c1ccc(CCCCCCCl)cc1. The number of benzene rings is 2. The molecule has 0 saturated carbocycles. The Bertz CT molecular complexity index is 546. The summed E-state index contributed by atoms with van der Waals surface area (Å²) in [5.41, 5.74) is 2.80. The molecule has 21 heavy (non-hydrogen) atoms. The van der Waals surface area contributed by atoms with Gasteiger partial charge in [-0.15, -0.1) is 11.6 Å². The molecule has 0 bridgehead atoms. The lowest BCUT2D eigenvalue weighted by Crippen LogP contribution is -2.01. The van der Waals surface area contributed by atoms with Crippen LogP contribution in [0.15, 0.2) is 54.6 Å². The summed E-state index contributed by atoms with van der Waals surface area (Å²) in [5, 5.41) is 0. The van der Waals surface area contributed by atoms with Crippen LogP contribution in [0.4, 0.5) is 0 Å². The van der Waals surface area contributed by atoms with Gasteiger partial charge in [0.1, 0.15) is 0 Å². The largest absolute Gasteiger partial charge is 0.289 e. The first-order valence-electron chi connectivity index (χ1n) is 7.56. The molecule has 0 fully saturated rings. The van der Waals surface area contributed by atoms with E-state index in [-0.39, 0.29) is 5.78 Å². The molecule has 0 aliphatic carbocycles. The van der Waals surface area contributed by atoms with Crippen molar-refractivity contribution in [1.29, 1.82) is 0 Å². The standard InChI is InChI=1S/C19H21ClO/c20-15-7-2-1-4-8-16-11-13-18(14-12-16)19(21)17-9-5-3-6-10-17/h3,5-6,9-14H,1-2,4,7-8,15H2. The molecular weight excluding hydrogens is 280 g/mol. The van der Waals surface area contributed by atoms with Gasteiger partial charge in [-0.25, -0.2) is 0 Å². The number of ketones is 1. The Balaban J connectivity index is 1.88. The number of hydrogen-bond acceptors (Lipinski definition) is 1. The lowest BCUT2D eigenvalue weighted by molar-refractivity contribution is 0.103. The van der Waals surface area contributed by atoms with E-state index in [2.05, 4.69) is 12.1 Å². The van der Waals surface area contributed by atoms with Crippen LogP contribution >= 0.6 is 11.6 Å². The highest BCUT2D eigenvalue weighted by Gasteiger charge is 2.07. The fourth-order valence-corrected chi connectivity index (χ4v) is 2.55. The summed E-state index contributed by atoms with van der Waals surface area (Å²) in [7, 11) is 0. The molecule has 0 aromatic heterocycles. The molecule has 0 atom stereocenters. The van der Waals surface area contributed by atoms with Crippen molar-refractivity contribution in [2.75, 3.05) is 5.88 Å². The van der Waals surface area contributed by atoms with Gasteiger partial charge in [-0.3, -0.25) is 4.79 Å². The van der Waals surface area contributed by atoms with Gasteiger partial charge in [-0.2, -0.15) is 0 Å². The van der Waals surface area contributed by atoms with Crippen molar-refractivity contribution in [3.63, 3.8) is 0 Å². The third-order valence-corrected chi connectivity index (χ3v) is 3.87. The van der Waals surface area contributed by atoms with Crippen molar-refractivity contribution in [3.8, 4) is 0 Å². The highest BCUT2D eigenvalue weighted by molar-refractivity contribution is 6.17. The van der Waals surface area contributed by atoms with Crippen molar-refractivity contribution >= 4 is 17.4 Å². The van der Waals surface area contributed by atoms with Crippen LogP contribution in [-0.2, 0) is 6.42 Å². The Labute approximate surface area is 132 Å². The van der Waals surface area contributed by atoms with Crippen LogP contribution in [0.25, 0.3) is 0 Å². The smallest absolute Gasteiger partial charge is 0.193 e. The molecule has 0 aliphatic heterocycles. The second-order valence-electron chi connectivity index (χ2n) is 5.25. The molecule has 2 aromatic carbocycles. The highest BCUT2D eigenvalue weighted by Crippen LogP contribution is 2.13. The van der Waals surface area contributed by atoms with Gasteiger partial charge in [-0.1, -0.05) is 67.4 Å². The molecule has 0 N–H and O–H groups in total. The minimum Gasteiger partial charge on any atom is -0.289 e. The van der Waals surface area contributed by atoms with Crippen LogP contribution in [0.3, 0.4) is 0 Å². The number of rotatable bonds is 8. The molecule has 110 valence electrons. The van der Waals surface area contributed by atoms with E-state index in [1.165, 1.54) is 24.8 Å². The number of alkyl halides is 1. The van der Waals surface area contributed by atoms with Crippen LogP contribution < -0.4 is 0 Å². The maximum Gasteiger partial charge on any atom is 0.193 e. The van der Waals surface area contributed by atoms with Gasteiger partial charge in [0, 0.05) is 17.0 Å². The number of halogens is 1. The molecule has 2 heteroatoms. The molecule has 0 unspecified atom stereocenters. The van der Waals surface area contributed by atoms with Gasteiger partial charge in [0.2, 0.25) is 0 Å². The van der Waals surface area contributed by atoms with Crippen LogP contribution in [0.1, 0.15) is 47.2 Å². The second kappa shape index (κ2) is 8.63. The summed E-state index contributed by atoms with van der Waals surface area (Å²) in [6.45, 7) is 0. The molecule has 1 nitrogen and oxygen atoms in total. The zero-order chi connectivity index (χ0) is 14.9. The van der Waals surface area contributed by atoms with E-state index in [0.29, 0.717) is 0 Å². The molecular formula is C19H21ClO. The third-order valence-electron chi connectivity index (χ3n) is 3.60. The first-order chi connectivity index (χ1) is 10.3. The van der Waals surface area contributed by atoms with E-state index >= 15 is 0 Å². The average molecular weight is 301 g/mol. The fraction of sp³-hybridized carbons (Fsp3) is 0.316. The second-order valence-corrected chi connectivity index (χ2v) is 5.62. The van der Waals surface area contributed by atoms with Gasteiger partial charge in [-0.05, 0) is 24.8 Å². The maximum atomic E-state index is 12.3.